The minimum Gasteiger partial charge on any atom is -0.493 e. The third kappa shape index (κ3) is 6.02. The largest absolute Gasteiger partial charge is 0.493 e. The number of ether oxygens (including phenoxy) is 2. The zero-order chi connectivity index (χ0) is 25.7. The van der Waals surface area contributed by atoms with Gasteiger partial charge in [-0.15, -0.1) is 0 Å². The number of aliphatic imine (C=N–C) groups is 1. The fourth-order valence-electron chi connectivity index (χ4n) is 3.71. The molecule has 0 radical (unpaired) electrons. The van der Waals surface area contributed by atoms with E-state index in [0.717, 1.165) is 27.7 Å². The van der Waals surface area contributed by atoms with Crippen LogP contribution in [0.2, 0.25) is 0 Å². The van der Waals surface area contributed by atoms with Crippen molar-refractivity contribution in [1.29, 1.82) is 0 Å². The number of aryl methyl sites for hydroxylation is 1. The lowest BCUT2D eigenvalue weighted by Crippen LogP contribution is -2.36. The van der Waals surface area contributed by atoms with E-state index in [0.29, 0.717) is 28.2 Å². The molecule has 1 saturated heterocycles. The molecule has 3 aromatic rings. The number of amides is 1. The van der Waals surface area contributed by atoms with Gasteiger partial charge in [0, 0.05) is 6.04 Å². The first-order chi connectivity index (χ1) is 17.4. The Bertz CT molecular complexity index is 1290. The van der Waals surface area contributed by atoms with Gasteiger partial charge in [0.1, 0.15) is 6.61 Å². The fraction of sp³-hybridized carbons (Fsp3) is 0.241. The molecule has 1 heterocycles. The molecule has 3 aromatic carbocycles. The molecular weight excluding hydrogens is 536 g/mol. The van der Waals surface area contributed by atoms with Crippen LogP contribution in [0.1, 0.15) is 37.0 Å². The van der Waals surface area contributed by atoms with Crippen molar-refractivity contribution < 1.29 is 14.3 Å². The maximum atomic E-state index is 13.4. The minimum absolute atomic E-state index is 0.0372. The molecule has 7 heteroatoms. The summed E-state index contributed by atoms with van der Waals surface area (Å²) in [6.45, 7) is 6.59. The van der Waals surface area contributed by atoms with Crippen molar-refractivity contribution in [2.75, 3.05) is 7.11 Å². The Hall–Kier alpha value is -3.03. The van der Waals surface area contributed by atoms with E-state index in [1.165, 1.54) is 17.3 Å². The Labute approximate surface area is 225 Å². The summed E-state index contributed by atoms with van der Waals surface area (Å²) < 4.78 is 12.4. The predicted octanol–water partition coefficient (Wildman–Crippen LogP) is 7.75. The number of amidine groups is 1. The Morgan fingerprint density at radius 3 is 2.50 bits per heavy atom. The number of hydrogen-bond donors (Lipinski definition) is 0. The van der Waals surface area contributed by atoms with E-state index in [1.807, 2.05) is 86.7 Å². The van der Waals surface area contributed by atoms with Crippen LogP contribution in [0.3, 0.4) is 0 Å². The fourth-order valence-corrected chi connectivity index (χ4v) is 5.37. The number of methoxy groups -OCH3 is 1. The van der Waals surface area contributed by atoms with Crippen LogP contribution in [0.25, 0.3) is 6.08 Å². The number of halogens is 1. The van der Waals surface area contributed by atoms with Gasteiger partial charge in [0.25, 0.3) is 5.91 Å². The highest BCUT2D eigenvalue weighted by atomic mass is 79.9. The lowest BCUT2D eigenvalue weighted by Gasteiger charge is -2.22. The van der Waals surface area contributed by atoms with Gasteiger partial charge in [0.05, 0.1) is 22.2 Å². The summed E-state index contributed by atoms with van der Waals surface area (Å²) in [6.07, 6.45) is 2.72. The van der Waals surface area contributed by atoms with Crippen LogP contribution >= 0.6 is 27.7 Å². The Morgan fingerprint density at radius 1 is 1.11 bits per heavy atom. The van der Waals surface area contributed by atoms with Crippen molar-refractivity contribution in [1.82, 2.24) is 4.90 Å². The number of benzene rings is 3. The number of carbonyl (C=O) groups is 1. The summed E-state index contributed by atoms with van der Waals surface area (Å²) >= 11 is 5.02. The zero-order valence-electron chi connectivity index (χ0n) is 20.8. The summed E-state index contributed by atoms with van der Waals surface area (Å²) in [5, 5.41) is 0.693. The SMILES string of the molecule is CC[C@@H](C)N1C(=O)/C(=C\c2cc(Br)c(OCc3ccccc3)c(OC)c2)SC1=Nc1ccc(C)cc1. The molecule has 5 nitrogen and oxygen atoms in total. The monoisotopic (exact) mass is 564 g/mol. The number of nitrogens with zero attached hydrogens (tertiary/aromatic N) is 2. The van der Waals surface area contributed by atoms with Gasteiger partial charge in [-0.2, -0.15) is 0 Å². The molecular formula is C29H29BrN2O3S. The maximum absolute atomic E-state index is 13.4. The molecule has 0 N–H and O–H groups in total. The molecule has 0 bridgehead atoms. The molecule has 36 heavy (non-hydrogen) atoms. The highest BCUT2D eigenvalue weighted by molar-refractivity contribution is 9.10. The van der Waals surface area contributed by atoms with Crippen molar-refractivity contribution in [3.05, 3.63) is 92.8 Å². The Balaban J connectivity index is 1.63. The second-order valence-electron chi connectivity index (χ2n) is 8.58. The topological polar surface area (TPSA) is 51.1 Å². The van der Waals surface area contributed by atoms with Crippen molar-refractivity contribution >= 4 is 50.5 Å². The van der Waals surface area contributed by atoms with Crippen LogP contribution in [0.4, 0.5) is 5.69 Å². The molecule has 1 fully saturated rings. The van der Waals surface area contributed by atoms with Gasteiger partial charge in [0.2, 0.25) is 0 Å². The second kappa shape index (κ2) is 11.8. The van der Waals surface area contributed by atoms with E-state index in [2.05, 4.69) is 22.9 Å². The standard InChI is InChI=1S/C29H29BrN2O3S/c1-5-20(3)32-28(33)26(36-29(32)31-23-13-11-19(2)12-14-23)17-22-15-24(30)27(25(16-22)34-4)35-18-21-9-7-6-8-10-21/h6-17,20H,5,18H2,1-4H3/b26-17+,31-29?/t20-/m1/s1. The first-order valence-corrected chi connectivity index (χ1v) is 13.4. The van der Waals surface area contributed by atoms with Gasteiger partial charge in [-0.05, 0) is 89.4 Å². The quantitative estimate of drug-likeness (QED) is 0.262. The summed E-state index contributed by atoms with van der Waals surface area (Å²) in [4.78, 5) is 20.6. The van der Waals surface area contributed by atoms with Gasteiger partial charge in [0.15, 0.2) is 16.7 Å². The Kier molecular flexibility index (Phi) is 8.54. The number of carbonyl (C=O) groups excluding carboxylic acids is 1. The van der Waals surface area contributed by atoms with E-state index in [1.54, 1.807) is 12.0 Å². The van der Waals surface area contributed by atoms with E-state index in [9.17, 15) is 4.79 Å². The summed E-state index contributed by atoms with van der Waals surface area (Å²) in [7, 11) is 1.61. The minimum atomic E-state index is -0.0419. The summed E-state index contributed by atoms with van der Waals surface area (Å²) in [5.41, 5.74) is 3.90. The van der Waals surface area contributed by atoms with Gasteiger partial charge >= 0.3 is 0 Å². The van der Waals surface area contributed by atoms with E-state index in [-0.39, 0.29) is 11.9 Å². The van der Waals surface area contributed by atoms with Crippen LogP contribution < -0.4 is 9.47 Å². The number of thioether (sulfide) groups is 1. The normalized spacial score (nSPS) is 16.6. The van der Waals surface area contributed by atoms with Crippen LogP contribution in [0.5, 0.6) is 11.5 Å². The first-order valence-electron chi connectivity index (χ1n) is 11.8. The smallest absolute Gasteiger partial charge is 0.266 e. The number of rotatable bonds is 8. The first kappa shape index (κ1) is 26.0. The molecule has 0 unspecified atom stereocenters. The third-order valence-corrected chi connectivity index (χ3v) is 7.47. The van der Waals surface area contributed by atoms with Crippen molar-refractivity contribution in [2.24, 2.45) is 4.99 Å². The van der Waals surface area contributed by atoms with Crippen molar-refractivity contribution in [3.8, 4) is 11.5 Å². The lowest BCUT2D eigenvalue weighted by atomic mass is 10.1. The molecule has 1 aliphatic heterocycles. The molecule has 0 saturated carbocycles. The van der Waals surface area contributed by atoms with Crippen LogP contribution in [-0.2, 0) is 11.4 Å². The van der Waals surface area contributed by atoms with E-state index < -0.39 is 0 Å². The van der Waals surface area contributed by atoms with Gasteiger partial charge in [-0.25, -0.2) is 4.99 Å². The molecule has 0 aliphatic carbocycles. The highest BCUT2D eigenvalue weighted by Crippen LogP contribution is 2.40. The Morgan fingerprint density at radius 2 is 1.83 bits per heavy atom. The van der Waals surface area contributed by atoms with Crippen molar-refractivity contribution in [2.45, 2.75) is 39.8 Å². The van der Waals surface area contributed by atoms with E-state index >= 15 is 0 Å². The average Bonchev–Trinajstić information content (AvgIpc) is 3.18. The molecule has 1 atom stereocenters. The summed E-state index contributed by atoms with van der Waals surface area (Å²) in [6, 6.07) is 21.8. The lowest BCUT2D eigenvalue weighted by molar-refractivity contribution is -0.123. The van der Waals surface area contributed by atoms with Gasteiger partial charge < -0.3 is 9.47 Å². The number of hydrogen-bond acceptors (Lipinski definition) is 5. The average molecular weight is 566 g/mol. The highest BCUT2D eigenvalue weighted by Gasteiger charge is 2.36. The second-order valence-corrected chi connectivity index (χ2v) is 10.4. The molecule has 1 aliphatic rings. The molecule has 4 rings (SSSR count). The van der Waals surface area contributed by atoms with E-state index in [4.69, 9.17) is 14.5 Å². The molecule has 186 valence electrons. The molecule has 1 amide bonds. The molecule has 0 aromatic heterocycles. The van der Waals surface area contributed by atoms with Crippen LogP contribution in [0, 0.1) is 6.92 Å². The molecule has 0 spiro atoms. The third-order valence-electron chi connectivity index (χ3n) is 5.90. The maximum Gasteiger partial charge on any atom is 0.266 e. The van der Waals surface area contributed by atoms with Crippen LogP contribution in [0.15, 0.2) is 81.1 Å². The summed E-state index contributed by atoms with van der Waals surface area (Å²) in [5.74, 6) is 1.17. The van der Waals surface area contributed by atoms with Gasteiger partial charge in [-0.3, -0.25) is 9.69 Å². The van der Waals surface area contributed by atoms with Gasteiger partial charge in [-0.1, -0.05) is 55.0 Å². The predicted molar refractivity (Wildman–Crippen MR) is 152 cm³/mol. The zero-order valence-corrected chi connectivity index (χ0v) is 23.2. The van der Waals surface area contributed by atoms with Crippen molar-refractivity contribution in [3.63, 3.8) is 0 Å². The van der Waals surface area contributed by atoms with Crippen LogP contribution in [-0.4, -0.2) is 29.1 Å².